The first-order valence-corrected chi connectivity index (χ1v) is 7.73. The molecule has 4 heteroatoms. The zero-order valence-electron chi connectivity index (χ0n) is 12.5. The molecule has 0 aliphatic rings. The summed E-state index contributed by atoms with van der Waals surface area (Å²) >= 11 is 5.95. The van der Waals surface area contributed by atoms with E-state index in [-0.39, 0.29) is 5.82 Å². The average Bonchev–Trinajstić information content (AvgIpc) is 2.59. The van der Waals surface area contributed by atoms with E-state index in [0.29, 0.717) is 13.1 Å². The molecule has 3 aromatic rings. The van der Waals surface area contributed by atoms with Gasteiger partial charge in [-0.25, -0.2) is 9.37 Å². The molecular weight excluding hydrogens is 311 g/mol. The van der Waals surface area contributed by atoms with E-state index in [0.717, 1.165) is 22.0 Å². The molecule has 0 fully saturated rings. The van der Waals surface area contributed by atoms with Crippen molar-refractivity contribution in [3.05, 3.63) is 94.9 Å². The Balaban J connectivity index is 1.84. The number of hydrogen-bond acceptors (Lipinski definition) is 2. The molecule has 2 nitrogen and oxygen atoms in total. The molecule has 23 heavy (non-hydrogen) atoms. The normalized spacial score (nSPS) is 10.5. The molecule has 0 spiro atoms. The van der Waals surface area contributed by atoms with Crippen LogP contribution in [0.5, 0.6) is 0 Å². The molecule has 0 bridgehead atoms. The average molecular weight is 327 g/mol. The van der Waals surface area contributed by atoms with Crippen LogP contribution in [0.2, 0.25) is 5.02 Å². The molecule has 0 aliphatic heterocycles. The van der Waals surface area contributed by atoms with Gasteiger partial charge >= 0.3 is 0 Å². The fourth-order valence-corrected chi connectivity index (χ4v) is 2.51. The lowest BCUT2D eigenvalue weighted by atomic mass is 10.1. The number of aromatic nitrogens is 1. The molecule has 0 saturated carbocycles. The summed E-state index contributed by atoms with van der Waals surface area (Å²) in [6.45, 7) is 1.35. The zero-order chi connectivity index (χ0) is 16.1. The van der Waals surface area contributed by atoms with Crippen LogP contribution >= 0.6 is 11.6 Å². The Bertz CT molecular complexity index is 695. The summed E-state index contributed by atoms with van der Waals surface area (Å²) < 4.78 is 13.1. The highest BCUT2D eigenvalue weighted by Crippen LogP contribution is 2.19. The fraction of sp³-hybridized carbons (Fsp3) is 0.105. The Labute approximate surface area is 140 Å². The van der Waals surface area contributed by atoms with E-state index in [4.69, 9.17) is 11.6 Å². The van der Waals surface area contributed by atoms with Crippen LogP contribution in [0.3, 0.4) is 0 Å². The van der Waals surface area contributed by atoms with Gasteiger partial charge in [0.05, 0.1) is 0 Å². The van der Waals surface area contributed by atoms with E-state index >= 15 is 0 Å². The van der Waals surface area contributed by atoms with Crippen molar-refractivity contribution in [2.24, 2.45) is 0 Å². The summed E-state index contributed by atoms with van der Waals surface area (Å²) in [7, 11) is 0. The molecule has 0 amide bonds. The van der Waals surface area contributed by atoms with Gasteiger partial charge in [0.25, 0.3) is 0 Å². The van der Waals surface area contributed by atoms with Gasteiger partial charge in [-0.2, -0.15) is 0 Å². The Morgan fingerprint density at radius 1 is 0.826 bits per heavy atom. The number of nitrogens with zero attached hydrogens (tertiary/aromatic N) is 2. The first kappa shape index (κ1) is 15.5. The number of rotatable bonds is 5. The third-order valence-corrected chi connectivity index (χ3v) is 3.80. The highest BCUT2D eigenvalue weighted by Gasteiger charge is 2.09. The second-order valence-corrected chi connectivity index (χ2v) is 5.73. The third-order valence-electron chi connectivity index (χ3n) is 3.55. The molecule has 1 aromatic heterocycles. The molecule has 2 aromatic carbocycles. The van der Waals surface area contributed by atoms with E-state index < -0.39 is 0 Å². The molecule has 0 aliphatic carbocycles. The lowest BCUT2D eigenvalue weighted by Crippen LogP contribution is -2.23. The molecule has 0 saturated heterocycles. The second kappa shape index (κ2) is 7.25. The van der Waals surface area contributed by atoms with Crippen molar-refractivity contribution in [2.75, 3.05) is 4.90 Å². The van der Waals surface area contributed by atoms with Gasteiger partial charge < -0.3 is 4.90 Å². The van der Waals surface area contributed by atoms with E-state index in [9.17, 15) is 4.39 Å². The molecule has 0 unspecified atom stereocenters. The van der Waals surface area contributed by atoms with Gasteiger partial charge in [0.2, 0.25) is 0 Å². The summed E-state index contributed by atoms with van der Waals surface area (Å²) in [6, 6.07) is 20.1. The van der Waals surface area contributed by atoms with E-state index in [2.05, 4.69) is 9.88 Å². The highest BCUT2D eigenvalue weighted by atomic mass is 35.5. The van der Waals surface area contributed by atoms with Crippen molar-refractivity contribution in [1.82, 2.24) is 4.98 Å². The zero-order valence-corrected chi connectivity index (χ0v) is 13.2. The standard InChI is InChI=1S/C19H16ClFN2/c20-17-8-4-15(5-9-17)13-23(19-3-1-2-12-22-19)14-16-6-10-18(21)11-7-16/h1-12H,13-14H2. The summed E-state index contributed by atoms with van der Waals surface area (Å²) in [5.41, 5.74) is 2.17. The number of halogens is 2. The predicted molar refractivity (Wildman–Crippen MR) is 92.0 cm³/mol. The third kappa shape index (κ3) is 4.30. The van der Waals surface area contributed by atoms with Crippen LogP contribution in [0.25, 0.3) is 0 Å². The Morgan fingerprint density at radius 3 is 2.00 bits per heavy atom. The van der Waals surface area contributed by atoms with Crippen molar-refractivity contribution in [3.63, 3.8) is 0 Å². The number of benzene rings is 2. The van der Waals surface area contributed by atoms with Gasteiger partial charge in [-0.15, -0.1) is 0 Å². The maximum atomic E-state index is 13.1. The monoisotopic (exact) mass is 326 g/mol. The first-order chi connectivity index (χ1) is 11.2. The van der Waals surface area contributed by atoms with E-state index in [1.807, 2.05) is 42.5 Å². The molecule has 116 valence electrons. The maximum Gasteiger partial charge on any atom is 0.129 e. The SMILES string of the molecule is Fc1ccc(CN(Cc2ccc(Cl)cc2)c2ccccn2)cc1. The first-order valence-electron chi connectivity index (χ1n) is 7.35. The van der Waals surface area contributed by atoms with Gasteiger partial charge in [0.1, 0.15) is 11.6 Å². The molecule has 0 atom stereocenters. The van der Waals surface area contributed by atoms with Crippen molar-refractivity contribution in [1.29, 1.82) is 0 Å². The number of anilines is 1. The molecule has 0 radical (unpaired) electrons. The molecular formula is C19H16ClFN2. The highest BCUT2D eigenvalue weighted by molar-refractivity contribution is 6.30. The Hall–Kier alpha value is -2.39. The summed E-state index contributed by atoms with van der Waals surface area (Å²) in [4.78, 5) is 6.58. The van der Waals surface area contributed by atoms with Gasteiger partial charge in [0.15, 0.2) is 0 Å². The summed E-state index contributed by atoms with van der Waals surface area (Å²) in [5, 5.41) is 0.719. The Kier molecular flexibility index (Phi) is 4.89. The minimum atomic E-state index is -0.226. The van der Waals surface area contributed by atoms with Crippen LogP contribution in [0.1, 0.15) is 11.1 Å². The summed E-state index contributed by atoms with van der Waals surface area (Å²) in [5.74, 6) is 0.655. The lowest BCUT2D eigenvalue weighted by molar-refractivity contribution is 0.626. The molecule has 0 N–H and O–H groups in total. The number of pyridine rings is 1. The van der Waals surface area contributed by atoms with Crippen LogP contribution in [-0.2, 0) is 13.1 Å². The van der Waals surface area contributed by atoms with Crippen molar-refractivity contribution in [3.8, 4) is 0 Å². The van der Waals surface area contributed by atoms with E-state index in [1.165, 1.54) is 12.1 Å². The van der Waals surface area contributed by atoms with Crippen LogP contribution in [0.4, 0.5) is 10.2 Å². The summed E-state index contributed by atoms with van der Waals surface area (Å²) in [6.07, 6.45) is 1.77. The Morgan fingerprint density at radius 2 is 1.43 bits per heavy atom. The fourth-order valence-electron chi connectivity index (χ4n) is 2.38. The lowest BCUT2D eigenvalue weighted by Gasteiger charge is -2.24. The van der Waals surface area contributed by atoms with E-state index in [1.54, 1.807) is 18.3 Å². The quantitative estimate of drug-likeness (QED) is 0.650. The van der Waals surface area contributed by atoms with Crippen LogP contribution < -0.4 is 4.90 Å². The van der Waals surface area contributed by atoms with Crippen LogP contribution in [0, 0.1) is 5.82 Å². The molecule has 3 rings (SSSR count). The van der Waals surface area contributed by atoms with Gasteiger partial charge in [-0.1, -0.05) is 41.9 Å². The largest absolute Gasteiger partial charge is 0.348 e. The van der Waals surface area contributed by atoms with Crippen LogP contribution in [0.15, 0.2) is 72.9 Å². The van der Waals surface area contributed by atoms with Gasteiger partial charge in [-0.05, 0) is 47.5 Å². The maximum absolute atomic E-state index is 13.1. The van der Waals surface area contributed by atoms with Gasteiger partial charge in [0, 0.05) is 24.3 Å². The minimum absolute atomic E-state index is 0.226. The number of hydrogen-bond donors (Lipinski definition) is 0. The minimum Gasteiger partial charge on any atom is -0.348 e. The van der Waals surface area contributed by atoms with Crippen molar-refractivity contribution < 1.29 is 4.39 Å². The second-order valence-electron chi connectivity index (χ2n) is 5.30. The van der Waals surface area contributed by atoms with Crippen LogP contribution in [-0.4, -0.2) is 4.98 Å². The van der Waals surface area contributed by atoms with Crippen molar-refractivity contribution >= 4 is 17.4 Å². The van der Waals surface area contributed by atoms with Gasteiger partial charge in [-0.3, -0.25) is 0 Å². The van der Waals surface area contributed by atoms with Crippen molar-refractivity contribution in [2.45, 2.75) is 13.1 Å². The smallest absolute Gasteiger partial charge is 0.129 e. The predicted octanol–water partition coefficient (Wildman–Crippen LogP) is 5.08. The topological polar surface area (TPSA) is 16.1 Å². The molecule has 1 heterocycles.